The van der Waals surface area contributed by atoms with Crippen molar-refractivity contribution in [2.24, 2.45) is 23.2 Å². The van der Waals surface area contributed by atoms with Crippen molar-refractivity contribution >= 4 is 28.5 Å². The predicted octanol–water partition coefficient (Wildman–Crippen LogP) is 2.35. The number of amides is 2. The minimum absolute atomic E-state index is 0.00511. The monoisotopic (exact) mass is 505 g/mol. The lowest BCUT2D eigenvalue weighted by molar-refractivity contribution is -0.160. The number of fused-ring (bicyclic) bond motifs is 1. The first-order valence-corrected chi connectivity index (χ1v) is 13.1. The standard InChI is InChI=1S/C26H28FN7O3/c27-19-14-29-23(34-2-1-30-31-34)21-20(19)18(13-28-21)22(35)24(36)32-3-5-33(6-4-32)25(37)26-10-15-7-16(11-26)9-17(8-15)12-26/h1-2,13-17,28H,3-12H2. The van der Waals surface area contributed by atoms with E-state index in [0.29, 0.717) is 43.9 Å². The van der Waals surface area contributed by atoms with Crippen LogP contribution in [-0.2, 0) is 9.59 Å². The highest BCUT2D eigenvalue weighted by Crippen LogP contribution is 2.60. The number of hydrogen-bond donors (Lipinski definition) is 1. The highest BCUT2D eigenvalue weighted by atomic mass is 19.1. The Morgan fingerprint density at radius 1 is 0.973 bits per heavy atom. The molecule has 10 nitrogen and oxygen atoms in total. The number of nitrogens with one attached hydrogen (secondary N) is 1. The maximum atomic E-state index is 14.8. The zero-order chi connectivity index (χ0) is 25.3. The van der Waals surface area contributed by atoms with Gasteiger partial charge in [-0.3, -0.25) is 14.4 Å². The summed E-state index contributed by atoms with van der Waals surface area (Å²) in [6.45, 7) is 1.42. The number of hydrogen-bond acceptors (Lipinski definition) is 6. The molecule has 11 heteroatoms. The van der Waals surface area contributed by atoms with E-state index in [1.807, 2.05) is 4.90 Å². The lowest BCUT2D eigenvalue weighted by Gasteiger charge is -2.57. The molecule has 1 N–H and O–H groups in total. The molecular weight excluding hydrogens is 477 g/mol. The van der Waals surface area contributed by atoms with Gasteiger partial charge in [-0.25, -0.2) is 14.1 Å². The maximum absolute atomic E-state index is 14.8. The van der Waals surface area contributed by atoms with E-state index in [2.05, 4.69) is 20.3 Å². The molecule has 5 fully saturated rings. The van der Waals surface area contributed by atoms with Gasteiger partial charge in [-0.15, -0.1) is 5.10 Å². The molecule has 4 heterocycles. The van der Waals surface area contributed by atoms with Crippen molar-refractivity contribution in [3.05, 3.63) is 36.2 Å². The fourth-order valence-electron chi connectivity index (χ4n) is 7.85. The van der Waals surface area contributed by atoms with Crippen molar-refractivity contribution in [2.75, 3.05) is 26.2 Å². The molecule has 5 aliphatic rings. The molecule has 1 aliphatic heterocycles. The Hall–Kier alpha value is -3.63. The number of pyridine rings is 1. The van der Waals surface area contributed by atoms with Crippen LogP contribution in [-0.4, -0.2) is 78.5 Å². The van der Waals surface area contributed by atoms with Crippen LogP contribution in [0.1, 0.15) is 48.9 Å². The molecule has 37 heavy (non-hydrogen) atoms. The average Bonchev–Trinajstić information content (AvgIpc) is 3.58. The highest BCUT2D eigenvalue weighted by Gasteiger charge is 2.55. The molecule has 4 saturated carbocycles. The van der Waals surface area contributed by atoms with E-state index in [9.17, 15) is 18.8 Å². The number of aromatic amines is 1. The van der Waals surface area contributed by atoms with Crippen LogP contribution in [0.4, 0.5) is 4.39 Å². The zero-order valence-corrected chi connectivity index (χ0v) is 20.4. The normalized spacial score (nSPS) is 28.7. The molecule has 2 amide bonds. The number of carbonyl (C=O) groups is 3. The van der Waals surface area contributed by atoms with Crippen LogP contribution < -0.4 is 0 Å². The Bertz CT molecular complexity index is 1370. The largest absolute Gasteiger partial charge is 0.357 e. The Kier molecular flexibility index (Phi) is 4.99. The molecule has 3 aromatic heterocycles. The Labute approximate surface area is 212 Å². The van der Waals surface area contributed by atoms with Crippen molar-refractivity contribution < 1.29 is 18.8 Å². The van der Waals surface area contributed by atoms with Gasteiger partial charge in [0.15, 0.2) is 11.6 Å². The molecule has 0 radical (unpaired) electrons. The number of H-pyrrole nitrogens is 1. The summed E-state index contributed by atoms with van der Waals surface area (Å²) in [5.74, 6) is 0.395. The molecule has 0 spiro atoms. The van der Waals surface area contributed by atoms with Gasteiger partial charge in [0, 0.05) is 32.4 Å². The third-order valence-electron chi connectivity index (χ3n) is 9.07. The van der Waals surface area contributed by atoms with Crippen LogP contribution in [0, 0.1) is 29.0 Å². The smallest absolute Gasteiger partial charge is 0.295 e. The van der Waals surface area contributed by atoms with Gasteiger partial charge in [0.25, 0.3) is 11.7 Å². The van der Waals surface area contributed by atoms with Crippen molar-refractivity contribution in [2.45, 2.75) is 38.5 Å². The fourth-order valence-corrected chi connectivity index (χ4v) is 7.85. The van der Waals surface area contributed by atoms with Gasteiger partial charge in [-0.1, -0.05) is 5.21 Å². The topological polar surface area (TPSA) is 117 Å². The highest BCUT2D eigenvalue weighted by molar-refractivity contribution is 6.45. The van der Waals surface area contributed by atoms with E-state index in [-0.39, 0.29) is 33.6 Å². The van der Waals surface area contributed by atoms with Crippen LogP contribution in [0.2, 0.25) is 0 Å². The number of ketones is 1. The number of piperazine rings is 1. The van der Waals surface area contributed by atoms with Crippen LogP contribution in [0.15, 0.2) is 24.8 Å². The first kappa shape index (κ1) is 22.6. The maximum Gasteiger partial charge on any atom is 0.295 e. The minimum Gasteiger partial charge on any atom is -0.357 e. The summed E-state index contributed by atoms with van der Waals surface area (Å²) >= 11 is 0. The molecule has 0 unspecified atom stereocenters. The van der Waals surface area contributed by atoms with Gasteiger partial charge in [0.2, 0.25) is 5.91 Å². The molecule has 0 atom stereocenters. The average molecular weight is 506 g/mol. The summed E-state index contributed by atoms with van der Waals surface area (Å²) in [7, 11) is 0. The van der Waals surface area contributed by atoms with Crippen LogP contribution in [0.5, 0.6) is 0 Å². The van der Waals surface area contributed by atoms with E-state index in [0.717, 1.165) is 25.5 Å². The molecular formula is C26H28FN7O3. The summed E-state index contributed by atoms with van der Waals surface area (Å²) in [5.41, 5.74) is -0.00490. The van der Waals surface area contributed by atoms with E-state index in [4.69, 9.17) is 0 Å². The second-order valence-corrected chi connectivity index (χ2v) is 11.3. The number of halogens is 1. The van der Waals surface area contributed by atoms with Gasteiger partial charge in [-0.05, 0) is 56.3 Å². The molecule has 3 aromatic rings. The Morgan fingerprint density at radius 3 is 2.24 bits per heavy atom. The summed E-state index contributed by atoms with van der Waals surface area (Å²) in [6.07, 6.45) is 12.2. The quantitative estimate of drug-likeness (QED) is 0.430. The molecule has 8 rings (SSSR count). The van der Waals surface area contributed by atoms with Crippen LogP contribution in [0.25, 0.3) is 16.7 Å². The van der Waals surface area contributed by atoms with Gasteiger partial charge in [0.05, 0.1) is 40.5 Å². The second-order valence-electron chi connectivity index (χ2n) is 11.3. The van der Waals surface area contributed by atoms with Crippen molar-refractivity contribution in [1.29, 1.82) is 0 Å². The van der Waals surface area contributed by atoms with Crippen molar-refractivity contribution in [3.8, 4) is 5.82 Å². The zero-order valence-electron chi connectivity index (χ0n) is 20.4. The number of aromatic nitrogens is 5. The fraction of sp³-hybridized carbons (Fsp3) is 0.538. The third-order valence-corrected chi connectivity index (χ3v) is 9.07. The molecule has 4 bridgehead atoms. The van der Waals surface area contributed by atoms with Crippen molar-refractivity contribution in [3.63, 3.8) is 0 Å². The van der Waals surface area contributed by atoms with Crippen LogP contribution in [0.3, 0.4) is 0 Å². The molecule has 1 saturated heterocycles. The summed E-state index contributed by atoms with van der Waals surface area (Å²) in [5, 5.41) is 7.61. The predicted molar refractivity (Wildman–Crippen MR) is 129 cm³/mol. The molecule has 192 valence electrons. The minimum atomic E-state index is -0.790. The van der Waals surface area contributed by atoms with Gasteiger partial charge >= 0.3 is 0 Å². The summed E-state index contributed by atoms with van der Waals surface area (Å²) in [6, 6.07) is 0. The summed E-state index contributed by atoms with van der Waals surface area (Å²) < 4.78 is 16.1. The molecule has 0 aromatic carbocycles. The lowest BCUT2D eigenvalue weighted by atomic mass is 9.49. The first-order valence-electron chi connectivity index (χ1n) is 13.1. The Balaban J connectivity index is 1.06. The number of rotatable bonds is 4. The van der Waals surface area contributed by atoms with Gasteiger partial charge < -0.3 is 14.8 Å². The van der Waals surface area contributed by atoms with E-state index >= 15 is 0 Å². The third kappa shape index (κ3) is 3.50. The van der Waals surface area contributed by atoms with Crippen molar-refractivity contribution in [1.82, 2.24) is 34.8 Å². The van der Waals surface area contributed by atoms with E-state index < -0.39 is 17.5 Å². The Morgan fingerprint density at radius 2 is 1.62 bits per heavy atom. The SMILES string of the molecule is O=C(C(=O)N1CCN(C(=O)C23CC4CC(CC(C4)C2)C3)CC1)c1c[nH]c2c(-n3ccnn3)ncc(F)c12. The van der Waals surface area contributed by atoms with E-state index in [1.165, 1.54) is 41.2 Å². The first-order chi connectivity index (χ1) is 17.9. The van der Waals surface area contributed by atoms with Crippen LogP contribution >= 0.6 is 0 Å². The number of Topliss-reactive ketones (excluding diaryl/α,β-unsaturated/α-hetero) is 1. The summed E-state index contributed by atoms with van der Waals surface area (Å²) in [4.78, 5) is 50.3. The lowest BCUT2D eigenvalue weighted by Crippen LogP contribution is -2.59. The second kappa shape index (κ2) is 8.19. The number of nitrogens with zero attached hydrogens (tertiary/aromatic N) is 6. The van der Waals surface area contributed by atoms with E-state index in [1.54, 1.807) is 6.20 Å². The molecule has 4 aliphatic carbocycles. The number of carbonyl (C=O) groups excluding carboxylic acids is 3. The van der Waals surface area contributed by atoms with Gasteiger partial charge in [-0.2, -0.15) is 0 Å². The van der Waals surface area contributed by atoms with Gasteiger partial charge in [0.1, 0.15) is 0 Å².